The van der Waals surface area contributed by atoms with Crippen molar-refractivity contribution in [2.45, 2.75) is 66.2 Å². The maximum Gasteiger partial charge on any atom is 0.134 e. The predicted molar refractivity (Wildman–Crippen MR) is 92.1 cm³/mol. The second-order valence-corrected chi connectivity index (χ2v) is 5.76. The molecule has 0 saturated heterocycles. The minimum atomic E-state index is 0.729. The van der Waals surface area contributed by atoms with E-state index < -0.39 is 0 Å². The lowest BCUT2D eigenvalue weighted by atomic mass is 9.99. The molecule has 1 heterocycles. The number of nitrogens with zero attached hydrogens (tertiary/aromatic N) is 2. The smallest absolute Gasteiger partial charge is 0.134 e. The van der Waals surface area contributed by atoms with Gasteiger partial charge in [0.2, 0.25) is 0 Å². The summed E-state index contributed by atoms with van der Waals surface area (Å²) >= 11 is 0. The standard InChI is InChI=1S/C17H32N4/c1-6-9-11-14(8-3)12-19-17-13(4)16(18-5)20-15(21-17)10-7-2/h14H,6-12H2,1-5H3,(H2,18,19,20,21). The van der Waals surface area contributed by atoms with Crippen molar-refractivity contribution in [1.29, 1.82) is 0 Å². The van der Waals surface area contributed by atoms with Gasteiger partial charge >= 0.3 is 0 Å². The molecule has 0 fully saturated rings. The van der Waals surface area contributed by atoms with Crippen LogP contribution in [0.2, 0.25) is 0 Å². The molecule has 0 spiro atoms. The van der Waals surface area contributed by atoms with Crippen molar-refractivity contribution in [3.05, 3.63) is 11.4 Å². The Kier molecular flexibility index (Phi) is 8.09. The fourth-order valence-corrected chi connectivity index (χ4v) is 2.50. The highest BCUT2D eigenvalue weighted by Gasteiger charge is 2.11. The highest BCUT2D eigenvalue weighted by molar-refractivity contribution is 5.57. The number of aromatic nitrogens is 2. The first-order chi connectivity index (χ1) is 10.2. The summed E-state index contributed by atoms with van der Waals surface area (Å²) in [5, 5.41) is 6.73. The van der Waals surface area contributed by atoms with Crippen LogP contribution in [0, 0.1) is 12.8 Å². The summed E-state index contributed by atoms with van der Waals surface area (Å²) < 4.78 is 0. The minimum Gasteiger partial charge on any atom is -0.373 e. The fraction of sp³-hybridized carbons (Fsp3) is 0.765. The molecule has 0 aliphatic carbocycles. The number of anilines is 2. The Labute approximate surface area is 130 Å². The summed E-state index contributed by atoms with van der Waals surface area (Å²) in [6.45, 7) is 9.77. The second kappa shape index (κ2) is 9.59. The van der Waals surface area contributed by atoms with Crippen molar-refractivity contribution in [2.75, 3.05) is 24.2 Å². The molecule has 0 bridgehead atoms. The first kappa shape index (κ1) is 17.7. The molecular weight excluding hydrogens is 260 g/mol. The Hall–Kier alpha value is -1.32. The molecule has 0 aliphatic rings. The van der Waals surface area contributed by atoms with E-state index in [1.807, 2.05) is 7.05 Å². The Morgan fingerprint density at radius 2 is 1.76 bits per heavy atom. The van der Waals surface area contributed by atoms with E-state index in [0.29, 0.717) is 0 Å². The number of unbranched alkanes of at least 4 members (excludes halogenated alkanes) is 1. The number of hydrogen-bond acceptors (Lipinski definition) is 4. The SMILES string of the molecule is CCCCC(CC)CNc1nc(CCC)nc(NC)c1C. The summed E-state index contributed by atoms with van der Waals surface area (Å²) in [6.07, 6.45) is 7.10. The van der Waals surface area contributed by atoms with Crippen molar-refractivity contribution in [2.24, 2.45) is 5.92 Å². The van der Waals surface area contributed by atoms with Crippen LogP contribution >= 0.6 is 0 Å². The van der Waals surface area contributed by atoms with Crippen LogP contribution in [0.3, 0.4) is 0 Å². The largest absolute Gasteiger partial charge is 0.373 e. The van der Waals surface area contributed by atoms with E-state index >= 15 is 0 Å². The van der Waals surface area contributed by atoms with Crippen molar-refractivity contribution in [3.63, 3.8) is 0 Å². The van der Waals surface area contributed by atoms with E-state index in [9.17, 15) is 0 Å². The molecule has 0 aromatic carbocycles. The average Bonchev–Trinajstić information content (AvgIpc) is 2.50. The number of aryl methyl sites for hydroxylation is 1. The van der Waals surface area contributed by atoms with Crippen LogP contribution in [0.15, 0.2) is 0 Å². The zero-order valence-electron chi connectivity index (χ0n) is 14.4. The molecule has 1 aromatic rings. The number of rotatable bonds is 10. The summed E-state index contributed by atoms with van der Waals surface area (Å²) in [7, 11) is 1.92. The van der Waals surface area contributed by atoms with Crippen LogP contribution in [-0.4, -0.2) is 23.6 Å². The molecule has 0 amide bonds. The van der Waals surface area contributed by atoms with Gasteiger partial charge in [-0.05, 0) is 25.7 Å². The summed E-state index contributed by atoms with van der Waals surface area (Å²) in [4.78, 5) is 9.27. The van der Waals surface area contributed by atoms with Gasteiger partial charge in [-0.3, -0.25) is 0 Å². The molecule has 21 heavy (non-hydrogen) atoms. The van der Waals surface area contributed by atoms with E-state index in [2.05, 4.69) is 43.3 Å². The molecule has 1 aromatic heterocycles. The van der Waals surface area contributed by atoms with Gasteiger partial charge in [0.1, 0.15) is 17.5 Å². The third kappa shape index (κ3) is 5.52. The molecule has 0 radical (unpaired) electrons. The molecule has 0 saturated carbocycles. The van der Waals surface area contributed by atoms with Gasteiger partial charge < -0.3 is 10.6 Å². The summed E-state index contributed by atoms with van der Waals surface area (Å²) in [5.74, 6) is 3.59. The molecule has 120 valence electrons. The first-order valence-corrected chi connectivity index (χ1v) is 8.45. The molecule has 1 unspecified atom stereocenters. The van der Waals surface area contributed by atoms with E-state index in [1.54, 1.807) is 0 Å². The zero-order valence-corrected chi connectivity index (χ0v) is 14.4. The first-order valence-electron chi connectivity index (χ1n) is 8.45. The van der Waals surface area contributed by atoms with Crippen LogP contribution in [0.5, 0.6) is 0 Å². The topological polar surface area (TPSA) is 49.8 Å². The van der Waals surface area contributed by atoms with Crippen molar-refractivity contribution < 1.29 is 0 Å². The Bertz CT molecular complexity index is 417. The van der Waals surface area contributed by atoms with Crippen molar-refractivity contribution in [1.82, 2.24) is 9.97 Å². The second-order valence-electron chi connectivity index (χ2n) is 5.76. The maximum atomic E-state index is 4.69. The lowest BCUT2D eigenvalue weighted by Crippen LogP contribution is -2.17. The molecular formula is C17H32N4. The van der Waals surface area contributed by atoms with Crippen LogP contribution in [-0.2, 0) is 6.42 Å². The third-order valence-corrected chi connectivity index (χ3v) is 4.00. The molecule has 2 N–H and O–H groups in total. The lowest BCUT2D eigenvalue weighted by molar-refractivity contribution is 0.472. The molecule has 1 rings (SSSR count). The molecule has 1 atom stereocenters. The van der Waals surface area contributed by atoms with Crippen molar-refractivity contribution in [3.8, 4) is 0 Å². The number of hydrogen-bond donors (Lipinski definition) is 2. The van der Waals surface area contributed by atoms with Crippen LogP contribution in [0.4, 0.5) is 11.6 Å². The quantitative estimate of drug-likeness (QED) is 0.671. The summed E-state index contributed by atoms with van der Waals surface area (Å²) in [5.41, 5.74) is 1.11. The molecule has 4 heteroatoms. The fourth-order valence-electron chi connectivity index (χ4n) is 2.50. The number of nitrogens with one attached hydrogen (secondary N) is 2. The maximum absolute atomic E-state index is 4.69. The van der Waals surface area contributed by atoms with Crippen molar-refractivity contribution >= 4 is 11.6 Å². The molecule has 0 aliphatic heterocycles. The van der Waals surface area contributed by atoms with Gasteiger partial charge in [-0.15, -0.1) is 0 Å². The van der Waals surface area contributed by atoms with Gasteiger partial charge in [-0.2, -0.15) is 0 Å². The lowest BCUT2D eigenvalue weighted by Gasteiger charge is -2.18. The minimum absolute atomic E-state index is 0.729. The van der Waals surface area contributed by atoms with E-state index in [0.717, 1.165) is 48.3 Å². The Balaban J connectivity index is 2.78. The highest BCUT2D eigenvalue weighted by Crippen LogP contribution is 2.21. The van der Waals surface area contributed by atoms with Crippen LogP contribution < -0.4 is 10.6 Å². The third-order valence-electron chi connectivity index (χ3n) is 4.00. The highest BCUT2D eigenvalue weighted by atomic mass is 15.1. The Morgan fingerprint density at radius 3 is 2.33 bits per heavy atom. The molecule has 4 nitrogen and oxygen atoms in total. The predicted octanol–water partition coefficient (Wildman–Crippen LogP) is 4.41. The normalized spacial score (nSPS) is 12.2. The summed E-state index contributed by atoms with van der Waals surface area (Å²) in [6, 6.07) is 0. The van der Waals surface area contributed by atoms with Gasteiger partial charge in [0, 0.05) is 25.6 Å². The van der Waals surface area contributed by atoms with E-state index in [1.165, 1.54) is 25.7 Å². The zero-order chi connectivity index (χ0) is 15.7. The van der Waals surface area contributed by atoms with Gasteiger partial charge in [0.05, 0.1) is 0 Å². The van der Waals surface area contributed by atoms with Gasteiger partial charge in [0.15, 0.2) is 0 Å². The van der Waals surface area contributed by atoms with Crippen LogP contribution in [0.25, 0.3) is 0 Å². The monoisotopic (exact) mass is 292 g/mol. The van der Waals surface area contributed by atoms with E-state index in [-0.39, 0.29) is 0 Å². The van der Waals surface area contributed by atoms with Crippen LogP contribution in [0.1, 0.15) is 64.3 Å². The van der Waals surface area contributed by atoms with Gasteiger partial charge in [0.25, 0.3) is 0 Å². The average molecular weight is 292 g/mol. The van der Waals surface area contributed by atoms with Gasteiger partial charge in [-0.1, -0.05) is 40.0 Å². The Morgan fingerprint density at radius 1 is 1.05 bits per heavy atom. The van der Waals surface area contributed by atoms with E-state index in [4.69, 9.17) is 4.98 Å². The van der Waals surface area contributed by atoms with Gasteiger partial charge in [-0.25, -0.2) is 9.97 Å².